The van der Waals surface area contributed by atoms with Gasteiger partial charge in [-0.3, -0.25) is 0 Å². The van der Waals surface area contributed by atoms with Crippen LogP contribution in [0.25, 0.3) is 0 Å². The highest BCUT2D eigenvalue weighted by Crippen LogP contribution is 2.56. The van der Waals surface area contributed by atoms with Gasteiger partial charge in [-0.25, -0.2) is 4.79 Å². The molecule has 3 aliphatic carbocycles. The van der Waals surface area contributed by atoms with E-state index in [1.807, 2.05) is 13.8 Å². The summed E-state index contributed by atoms with van der Waals surface area (Å²) in [6.45, 7) is 36.6. The van der Waals surface area contributed by atoms with Crippen molar-refractivity contribution in [3.8, 4) is 0 Å². The molecule has 5 atom stereocenters. The molecule has 0 saturated heterocycles. The van der Waals surface area contributed by atoms with Crippen molar-refractivity contribution in [1.29, 1.82) is 0 Å². The molecule has 2 saturated carbocycles. The van der Waals surface area contributed by atoms with Crippen LogP contribution in [0.2, 0.25) is 36.3 Å². The summed E-state index contributed by atoms with van der Waals surface area (Å²) in [5.74, 6) is 0.183. The highest BCUT2D eigenvalue weighted by atomic mass is 28.4. The molecule has 0 aromatic rings. The zero-order valence-electron chi connectivity index (χ0n) is 32.7. The Bertz CT molecular complexity index is 1210. The molecule has 0 N–H and O–H groups in total. The fourth-order valence-corrected chi connectivity index (χ4v) is 9.88. The van der Waals surface area contributed by atoms with Gasteiger partial charge in [0.15, 0.2) is 16.6 Å². The molecule has 0 spiro atoms. The molecule has 0 aliphatic heterocycles. The zero-order chi connectivity index (χ0) is 35.6. The number of ether oxygens (including phenoxy) is 2. The predicted molar refractivity (Wildman–Crippen MR) is 203 cm³/mol. The van der Waals surface area contributed by atoms with Crippen LogP contribution in [0, 0.1) is 11.3 Å². The number of rotatable bonds is 12. The summed E-state index contributed by atoms with van der Waals surface area (Å²) in [7, 11) is -3.97. The molecule has 0 amide bonds. The maximum Gasteiger partial charge on any atom is 0.332 e. The Morgan fingerprint density at radius 1 is 1.02 bits per heavy atom. The van der Waals surface area contributed by atoms with Gasteiger partial charge in [0, 0.05) is 6.42 Å². The predicted octanol–water partition coefficient (Wildman–Crippen LogP) is 11.2. The summed E-state index contributed by atoms with van der Waals surface area (Å²) in [5, 5.41) is 0.276. The van der Waals surface area contributed by atoms with Crippen molar-refractivity contribution in [3.63, 3.8) is 0 Å². The van der Waals surface area contributed by atoms with Crippen LogP contribution in [0.1, 0.15) is 121 Å². The number of esters is 1. The van der Waals surface area contributed by atoms with Crippen LogP contribution < -0.4 is 0 Å². The first-order valence-electron chi connectivity index (χ1n) is 18.5. The Labute approximate surface area is 291 Å². The molecule has 0 bridgehead atoms. The van der Waals surface area contributed by atoms with Crippen LogP contribution >= 0.6 is 0 Å². The quantitative estimate of drug-likeness (QED) is 0.116. The lowest BCUT2D eigenvalue weighted by Crippen LogP contribution is -2.49. The smallest absolute Gasteiger partial charge is 0.332 e. The summed E-state index contributed by atoms with van der Waals surface area (Å²) >= 11 is 0. The molecule has 0 aromatic carbocycles. The molecule has 0 aromatic heterocycles. The van der Waals surface area contributed by atoms with E-state index in [1.54, 1.807) is 0 Å². The normalized spacial score (nSPS) is 28.5. The highest BCUT2D eigenvalue weighted by Gasteiger charge is 2.47. The van der Waals surface area contributed by atoms with E-state index in [4.69, 9.17) is 18.3 Å². The largest absolute Gasteiger partial charge is 0.461 e. The Hall–Kier alpha value is -1.26. The minimum Gasteiger partial charge on any atom is -0.461 e. The van der Waals surface area contributed by atoms with Gasteiger partial charge in [0.2, 0.25) is 0 Å². The Morgan fingerprint density at radius 3 is 2.19 bits per heavy atom. The number of hydrogen-bond donors (Lipinski definition) is 0. The number of allylic oxidation sites excluding steroid dienone is 4. The third kappa shape index (κ3) is 9.50. The summed E-state index contributed by atoms with van der Waals surface area (Å²) in [4.78, 5) is 12.5. The average molecular weight is 687 g/mol. The monoisotopic (exact) mass is 686 g/mol. The lowest BCUT2D eigenvalue weighted by Gasteiger charge is -2.45. The zero-order valence-corrected chi connectivity index (χ0v) is 34.7. The van der Waals surface area contributed by atoms with Crippen molar-refractivity contribution in [3.05, 3.63) is 47.1 Å². The lowest BCUT2D eigenvalue weighted by molar-refractivity contribution is -0.156. The van der Waals surface area contributed by atoms with Crippen LogP contribution in [0.3, 0.4) is 0 Å². The summed E-state index contributed by atoms with van der Waals surface area (Å²) in [5.41, 5.74) is 5.30. The minimum absolute atomic E-state index is 0.00286. The van der Waals surface area contributed by atoms with Gasteiger partial charge in [0.25, 0.3) is 0 Å². The lowest BCUT2D eigenvalue weighted by atomic mass is 9.63. The second kappa shape index (κ2) is 15.3. The van der Waals surface area contributed by atoms with Crippen molar-refractivity contribution in [2.75, 3.05) is 6.61 Å². The van der Waals surface area contributed by atoms with E-state index in [9.17, 15) is 4.79 Å². The van der Waals surface area contributed by atoms with Crippen LogP contribution in [0.5, 0.6) is 0 Å². The van der Waals surface area contributed by atoms with E-state index < -0.39 is 16.6 Å². The minimum atomic E-state index is -2.01. The Balaban J connectivity index is 1.83. The molecule has 47 heavy (non-hydrogen) atoms. The number of hydrogen-bond acceptors (Lipinski definition) is 5. The summed E-state index contributed by atoms with van der Waals surface area (Å²) < 4.78 is 25.9. The maximum absolute atomic E-state index is 12.5. The highest BCUT2D eigenvalue weighted by molar-refractivity contribution is 6.74. The topological polar surface area (TPSA) is 54.0 Å². The van der Waals surface area contributed by atoms with Crippen molar-refractivity contribution in [2.24, 2.45) is 11.3 Å². The Morgan fingerprint density at radius 2 is 1.62 bits per heavy atom. The molecule has 2 fully saturated rings. The van der Waals surface area contributed by atoms with E-state index in [0.29, 0.717) is 5.92 Å². The summed E-state index contributed by atoms with van der Waals surface area (Å²) in [6.07, 6.45) is 15.0. The molecule has 3 aliphatic rings. The molecular weight excluding hydrogens is 617 g/mol. The molecule has 268 valence electrons. The van der Waals surface area contributed by atoms with E-state index in [1.165, 1.54) is 16.7 Å². The molecule has 7 heteroatoms. The third-order valence-corrected chi connectivity index (χ3v) is 21.5. The van der Waals surface area contributed by atoms with Crippen molar-refractivity contribution in [2.45, 2.75) is 181 Å². The first kappa shape index (κ1) is 40.2. The molecule has 5 nitrogen and oxygen atoms in total. The van der Waals surface area contributed by atoms with E-state index >= 15 is 0 Å². The Kier molecular flexibility index (Phi) is 13.1. The van der Waals surface area contributed by atoms with Gasteiger partial charge >= 0.3 is 5.97 Å². The molecular formula is C40H70O5Si2. The third-order valence-electron chi connectivity index (χ3n) is 12.4. The molecule has 0 heterocycles. The van der Waals surface area contributed by atoms with Gasteiger partial charge in [-0.05, 0) is 116 Å². The summed E-state index contributed by atoms with van der Waals surface area (Å²) in [6, 6.07) is 0. The molecule has 0 radical (unpaired) electrons. The number of carbonyl (C=O) groups excluding carboxylic acids is 1. The first-order chi connectivity index (χ1) is 21.6. The second-order valence-electron chi connectivity index (χ2n) is 17.9. The maximum atomic E-state index is 12.5. The van der Waals surface area contributed by atoms with E-state index in [-0.39, 0.29) is 52.5 Å². The van der Waals surface area contributed by atoms with Crippen LogP contribution in [-0.2, 0) is 23.1 Å². The average Bonchev–Trinajstić information content (AvgIpc) is 3.31. The second-order valence-corrected chi connectivity index (χ2v) is 27.4. The van der Waals surface area contributed by atoms with E-state index in [0.717, 1.165) is 56.9 Å². The van der Waals surface area contributed by atoms with Gasteiger partial charge < -0.3 is 18.3 Å². The van der Waals surface area contributed by atoms with Gasteiger partial charge in [-0.15, -0.1) is 0 Å². The van der Waals surface area contributed by atoms with Gasteiger partial charge in [0.05, 0.1) is 18.3 Å². The van der Waals surface area contributed by atoms with Gasteiger partial charge in [-0.1, -0.05) is 92.7 Å². The SMILES string of the molecule is C=C1/C(=C\C=C2/CCC[C@]3(C)C(C(C)OCC(=O)OC(CC)CC)=CC[C@@H]23)C[C@@H](O[Si](C)(C)C(C)(C)C)C[C@@H]1O[Si](C)(C)C(C)(C)C. The van der Waals surface area contributed by atoms with Gasteiger partial charge in [0.1, 0.15) is 12.7 Å². The van der Waals surface area contributed by atoms with Crippen LogP contribution in [0.4, 0.5) is 0 Å². The fraction of sp³-hybridized carbons (Fsp3) is 0.775. The van der Waals surface area contributed by atoms with Gasteiger partial charge in [-0.2, -0.15) is 0 Å². The molecule has 1 unspecified atom stereocenters. The fourth-order valence-electron chi connectivity index (χ4n) is 7.21. The van der Waals surface area contributed by atoms with Crippen molar-refractivity contribution >= 4 is 22.6 Å². The number of carbonyl (C=O) groups is 1. The standard InChI is InChI=1S/C40H70O5Si2/c1-16-32(17-2)43-37(41)27-42-29(4)34-22-23-35-30(19-18-24-40(34,35)11)20-21-31-25-33(44-46(12,13)38(5,6)7)26-36(28(31)3)45-47(14,15)39(8,9)10/h20-22,29,32-33,35-36H,3,16-19,23-27H2,1-2,4-15H3/b30-20+,31-21-/t29?,33-,35+,36+,40-/m1/s1. The van der Waals surface area contributed by atoms with Crippen molar-refractivity contribution in [1.82, 2.24) is 0 Å². The van der Waals surface area contributed by atoms with Crippen LogP contribution in [-0.4, -0.2) is 53.6 Å². The number of fused-ring (bicyclic) bond motifs is 1. The van der Waals surface area contributed by atoms with E-state index in [2.05, 4.69) is 106 Å². The van der Waals surface area contributed by atoms with Crippen LogP contribution in [0.15, 0.2) is 47.1 Å². The first-order valence-corrected chi connectivity index (χ1v) is 24.3. The van der Waals surface area contributed by atoms with Crippen molar-refractivity contribution < 1.29 is 23.1 Å². The molecule has 3 rings (SSSR count).